The Morgan fingerprint density at radius 2 is 1.82 bits per heavy atom. The number of rotatable bonds is 8. The third-order valence-corrected chi connectivity index (χ3v) is 6.23. The van der Waals surface area contributed by atoms with Gasteiger partial charge in [0, 0.05) is 42.9 Å². The molecule has 1 aromatic carbocycles. The van der Waals surface area contributed by atoms with Crippen molar-refractivity contribution < 1.29 is 9.47 Å². The fourth-order valence-electron chi connectivity index (χ4n) is 4.24. The second kappa shape index (κ2) is 8.92. The van der Waals surface area contributed by atoms with Crippen LogP contribution in [0.2, 0.25) is 0 Å². The van der Waals surface area contributed by atoms with Gasteiger partial charge in [0.05, 0.1) is 11.9 Å². The number of aromatic amines is 1. The third-order valence-electron chi connectivity index (χ3n) is 6.23. The van der Waals surface area contributed by atoms with Gasteiger partial charge in [0.25, 0.3) is 0 Å². The minimum Gasteiger partial charge on any atom is -0.490 e. The Morgan fingerprint density at radius 3 is 2.56 bits per heavy atom. The van der Waals surface area contributed by atoms with Crippen LogP contribution in [0.3, 0.4) is 0 Å². The number of ether oxygens (including phenoxy) is 2. The van der Waals surface area contributed by atoms with Crippen molar-refractivity contribution in [3.8, 4) is 5.75 Å². The minimum atomic E-state index is -0.217. The van der Waals surface area contributed by atoms with Crippen LogP contribution in [-0.2, 0) is 4.74 Å². The fraction of sp³-hybridized carbons (Fsp3) is 0.320. The van der Waals surface area contributed by atoms with E-state index in [1.165, 1.54) is 0 Å². The first-order chi connectivity index (χ1) is 16.4. The molecule has 1 aliphatic rings. The molecule has 0 spiro atoms. The molecule has 1 saturated carbocycles. The number of nitrogens with one attached hydrogen (secondary N) is 3. The minimum absolute atomic E-state index is 0.149. The predicted octanol–water partition coefficient (Wildman–Crippen LogP) is 4.59. The molecule has 176 valence electrons. The number of H-pyrrole nitrogens is 1. The highest BCUT2D eigenvalue weighted by atomic mass is 16.5. The standard InChI is InChI=1S/C25H29N7O2/c1-16-11-17-12-19(15-27-23(17)28-16)29-22-9-10-26-24(31-22)30-18-5-7-20(8-6-18)34-21-13-25(14-21,33-4)32(2)3/h5-12,15,21H,13-14H2,1-4H3,(H,27,28)(H2,26,29,30,31). The van der Waals surface area contributed by atoms with Crippen LogP contribution in [-0.4, -0.2) is 57.9 Å². The monoisotopic (exact) mass is 459 g/mol. The van der Waals surface area contributed by atoms with Gasteiger partial charge in [-0.2, -0.15) is 4.98 Å². The maximum atomic E-state index is 6.10. The second-order valence-corrected chi connectivity index (χ2v) is 8.85. The maximum Gasteiger partial charge on any atom is 0.229 e. The zero-order chi connectivity index (χ0) is 23.7. The van der Waals surface area contributed by atoms with Crippen LogP contribution in [0.25, 0.3) is 11.0 Å². The van der Waals surface area contributed by atoms with Gasteiger partial charge in [0.15, 0.2) is 0 Å². The van der Waals surface area contributed by atoms with Gasteiger partial charge in [0.1, 0.15) is 29.0 Å². The molecule has 0 radical (unpaired) electrons. The summed E-state index contributed by atoms with van der Waals surface area (Å²) in [6.45, 7) is 2.01. The molecule has 3 heterocycles. The Bertz CT molecular complexity index is 1280. The summed E-state index contributed by atoms with van der Waals surface area (Å²) in [5, 5.41) is 7.59. The Morgan fingerprint density at radius 1 is 1.03 bits per heavy atom. The van der Waals surface area contributed by atoms with E-state index in [-0.39, 0.29) is 11.8 Å². The smallest absolute Gasteiger partial charge is 0.229 e. The number of benzene rings is 1. The predicted molar refractivity (Wildman–Crippen MR) is 133 cm³/mol. The van der Waals surface area contributed by atoms with Crippen LogP contribution >= 0.6 is 0 Å². The van der Waals surface area contributed by atoms with Gasteiger partial charge in [0.2, 0.25) is 5.95 Å². The molecule has 34 heavy (non-hydrogen) atoms. The van der Waals surface area contributed by atoms with E-state index in [4.69, 9.17) is 9.47 Å². The van der Waals surface area contributed by atoms with E-state index < -0.39 is 0 Å². The number of pyridine rings is 1. The molecule has 3 N–H and O–H groups in total. The molecule has 9 heteroatoms. The van der Waals surface area contributed by atoms with Crippen molar-refractivity contribution in [3.63, 3.8) is 0 Å². The summed E-state index contributed by atoms with van der Waals surface area (Å²) in [6, 6.07) is 13.7. The summed E-state index contributed by atoms with van der Waals surface area (Å²) < 4.78 is 11.8. The molecule has 4 aromatic rings. The Balaban J connectivity index is 1.20. The third kappa shape index (κ3) is 4.52. The highest BCUT2D eigenvalue weighted by Gasteiger charge is 2.48. The zero-order valence-electron chi connectivity index (χ0n) is 19.8. The number of hydrogen-bond acceptors (Lipinski definition) is 8. The quantitative estimate of drug-likeness (QED) is 0.329. The van der Waals surface area contributed by atoms with Gasteiger partial charge >= 0.3 is 0 Å². The number of aromatic nitrogens is 4. The van der Waals surface area contributed by atoms with E-state index in [1.54, 1.807) is 19.5 Å². The van der Waals surface area contributed by atoms with Crippen LogP contribution in [0.15, 0.2) is 54.9 Å². The van der Waals surface area contributed by atoms with Crippen LogP contribution in [0.5, 0.6) is 5.75 Å². The summed E-state index contributed by atoms with van der Waals surface area (Å²) in [5.74, 6) is 2.01. The lowest BCUT2D eigenvalue weighted by Crippen LogP contribution is -2.59. The number of fused-ring (bicyclic) bond motifs is 1. The first kappa shape index (κ1) is 22.1. The molecule has 1 fully saturated rings. The molecule has 0 atom stereocenters. The van der Waals surface area contributed by atoms with Gasteiger partial charge < -0.3 is 25.1 Å². The van der Waals surface area contributed by atoms with Crippen LogP contribution in [0.1, 0.15) is 18.5 Å². The zero-order valence-corrected chi connectivity index (χ0v) is 19.8. The molecule has 3 aromatic heterocycles. The molecule has 5 rings (SSSR count). The van der Waals surface area contributed by atoms with Crippen molar-refractivity contribution >= 4 is 34.2 Å². The summed E-state index contributed by atoms with van der Waals surface area (Å²) >= 11 is 0. The number of aryl methyl sites for hydroxylation is 1. The molecule has 0 unspecified atom stereocenters. The van der Waals surface area contributed by atoms with Crippen molar-refractivity contribution in [1.82, 2.24) is 24.8 Å². The molecular weight excluding hydrogens is 430 g/mol. The number of hydrogen-bond donors (Lipinski definition) is 3. The summed E-state index contributed by atoms with van der Waals surface area (Å²) in [5.41, 5.74) is 3.47. The highest BCUT2D eigenvalue weighted by molar-refractivity contribution is 5.80. The van der Waals surface area contributed by atoms with Crippen LogP contribution in [0, 0.1) is 6.92 Å². The van der Waals surface area contributed by atoms with Crippen LogP contribution in [0.4, 0.5) is 23.1 Å². The average molecular weight is 460 g/mol. The molecule has 0 amide bonds. The Labute approximate surface area is 198 Å². The fourth-order valence-corrected chi connectivity index (χ4v) is 4.24. The molecule has 0 saturated heterocycles. The topological polar surface area (TPSA) is 100 Å². The molecule has 9 nitrogen and oxygen atoms in total. The lowest BCUT2D eigenvalue weighted by Gasteiger charge is -2.50. The summed E-state index contributed by atoms with van der Waals surface area (Å²) in [7, 11) is 5.82. The molecular formula is C25H29N7O2. The number of anilines is 4. The summed E-state index contributed by atoms with van der Waals surface area (Å²) in [6.07, 6.45) is 5.33. The van der Waals surface area contributed by atoms with Crippen LogP contribution < -0.4 is 15.4 Å². The van der Waals surface area contributed by atoms with Gasteiger partial charge in [-0.05, 0) is 63.5 Å². The van der Waals surface area contributed by atoms with E-state index in [0.29, 0.717) is 11.8 Å². The summed E-state index contributed by atoms with van der Waals surface area (Å²) in [4.78, 5) is 18.7. The molecule has 0 aliphatic heterocycles. The Kier molecular flexibility index (Phi) is 5.80. The van der Waals surface area contributed by atoms with Crippen molar-refractivity contribution in [1.29, 1.82) is 0 Å². The normalized spacial score (nSPS) is 19.7. The maximum absolute atomic E-state index is 6.10. The average Bonchev–Trinajstić information content (AvgIpc) is 3.16. The lowest BCUT2D eigenvalue weighted by atomic mass is 9.83. The molecule has 0 bridgehead atoms. The highest BCUT2D eigenvalue weighted by Crippen LogP contribution is 2.39. The van der Waals surface area contributed by atoms with E-state index in [9.17, 15) is 0 Å². The Hall–Kier alpha value is -3.69. The van der Waals surface area contributed by atoms with E-state index in [0.717, 1.165) is 46.7 Å². The number of nitrogens with zero attached hydrogens (tertiary/aromatic N) is 4. The van der Waals surface area contributed by atoms with Crippen molar-refractivity contribution in [3.05, 3.63) is 60.6 Å². The first-order valence-electron chi connectivity index (χ1n) is 11.2. The van der Waals surface area contributed by atoms with E-state index in [2.05, 4.69) is 41.5 Å². The van der Waals surface area contributed by atoms with Crippen molar-refractivity contribution in [2.75, 3.05) is 31.8 Å². The molecule has 1 aliphatic carbocycles. The SMILES string of the molecule is COC1(N(C)C)CC(Oc2ccc(Nc3nccc(Nc4cnc5[nH]c(C)cc5c4)n3)cc2)C1. The van der Waals surface area contributed by atoms with Gasteiger partial charge in [-0.3, -0.25) is 4.90 Å². The lowest BCUT2D eigenvalue weighted by molar-refractivity contribution is -0.204. The van der Waals surface area contributed by atoms with Crippen molar-refractivity contribution in [2.24, 2.45) is 0 Å². The van der Waals surface area contributed by atoms with E-state index >= 15 is 0 Å². The van der Waals surface area contributed by atoms with Gasteiger partial charge in [-0.25, -0.2) is 9.97 Å². The van der Waals surface area contributed by atoms with Gasteiger partial charge in [-0.15, -0.1) is 0 Å². The van der Waals surface area contributed by atoms with Gasteiger partial charge in [-0.1, -0.05) is 0 Å². The number of methoxy groups -OCH3 is 1. The largest absolute Gasteiger partial charge is 0.490 e. The first-order valence-corrected chi connectivity index (χ1v) is 11.2. The van der Waals surface area contributed by atoms with Crippen molar-refractivity contribution in [2.45, 2.75) is 31.6 Å². The second-order valence-electron chi connectivity index (χ2n) is 8.85. The van der Waals surface area contributed by atoms with E-state index in [1.807, 2.05) is 57.4 Å².